The summed E-state index contributed by atoms with van der Waals surface area (Å²) in [6.07, 6.45) is 4.09. The molecule has 1 amide bonds. The number of unbranched alkanes of at least 4 members (excludes halogenated alkanes) is 1. The molecule has 0 unspecified atom stereocenters. The van der Waals surface area contributed by atoms with Gasteiger partial charge in [0.1, 0.15) is 5.75 Å². The van der Waals surface area contributed by atoms with Gasteiger partial charge in [-0.05, 0) is 54.1 Å². The first-order valence-electron chi connectivity index (χ1n) is 10.5. The summed E-state index contributed by atoms with van der Waals surface area (Å²) in [4.78, 5) is 22.0. The van der Waals surface area contributed by atoms with Crippen LogP contribution < -0.4 is 9.64 Å². The van der Waals surface area contributed by atoms with Gasteiger partial charge in [-0.15, -0.1) is 0 Å². The molecule has 2 aliphatic heterocycles. The van der Waals surface area contributed by atoms with Crippen LogP contribution >= 0.6 is 11.8 Å². The standard InChI is InChI=1S/C24H27N3O2S/c1-2-3-17-29-21-11-9-19(10-12-21)18-22-23(28)25-24(30-22)27-15-13-26(14-16-27)20-7-5-4-6-8-20/h4-12,18H,2-3,13-17H2,1H3. The third-order valence-electron chi connectivity index (χ3n) is 5.23. The molecular weight excluding hydrogens is 394 g/mol. The fourth-order valence-corrected chi connectivity index (χ4v) is 4.44. The Balaban J connectivity index is 1.33. The van der Waals surface area contributed by atoms with Crippen molar-refractivity contribution in [2.24, 2.45) is 4.99 Å². The highest BCUT2D eigenvalue weighted by Crippen LogP contribution is 2.31. The number of nitrogens with zero attached hydrogens (tertiary/aromatic N) is 3. The minimum atomic E-state index is -0.149. The third-order valence-corrected chi connectivity index (χ3v) is 6.27. The lowest BCUT2D eigenvalue weighted by Gasteiger charge is -2.36. The molecule has 156 valence electrons. The lowest BCUT2D eigenvalue weighted by atomic mass is 10.2. The van der Waals surface area contributed by atoms with Crippen LogP contribution in [0.1, 0.15) is 25.3 Å². The first-order valence-corrected chi connectivity index (χ1v) is 11.3. The fraction of sp³-hybridized carbons (Fsp3) is 0.333. The number of thioether (sulfide) groups is 1. The van der Waals surface area contributed by atoms with Crippen LogP contribution in [0.2, 0.25) is 0 Å². The summed E-state index contributed by atoms with van der Waals surface area (Å²) in [7, 11) is 0. The molecule has 0 saturated carbocycles. The summed E-state index contributed by atoms with van der Waals surface area (Å²) in [5.41, 5.74) is 2.23. The molecule has 2 aromatic carbocycles. The van der Waals surface area contributed by atoms with Gasteiger partial charge in [0.2, 0.25) is 0 Å². The summed E-state index contributed by atoms with van der Waals surface area (Å²) in [5, 5.41) is 0.818. The van der Waals surface area contributed by atoms with Crippen molar-refractivity contribution in [3.63, 3.8) is 0 Å². The van der Waals surface area contributed by atoms with Crippen molar-refractivity contribution in [3.8, 4) is 5.75 Å². The maximum atomic E-state index is 12.4. The fourth-order valence-electron chi connectivity index (χ4n) is 3.47. The number of rotatable bonds is 6. The van der Waals surface area contributed by atoms with Crippen LogP contribution in [-0.4, -0.2) is 48.8 Å². The second-order valence-electron chi connectivity index (χ2n) is 7.39. The van der Waals surface area contributed by atoms with Crippen LogP contribution in [0, 0.1) is 0 Å². The molecule has 0 aromatic heterocycles. The largest absolute Gasteiger partial charge is 0.494 e. The molecule has 0 bridgehead atoms. The van der Waals surface area contributed by atoms with Crippen LogP contribution in [0.4, 0.5) is 5.69 Å². The van der Waals surface area contributed by atoms with Gasteiger partial charge < -0.3 is 14.5 Å². The number of para-hydroxylation sites is 1. The smallest absolute Gasteiger partial charge is 0.286 e. The maximum absolute atomic E-state index is 12.4. The van der Waals surface area contributed by atoms with Crippen LogP contribution in [0.25, 0.3) is 6.08 Å². The molecule has 6 heteroatoms. The Morgan fingerprint density at radius 1 is 1.00 bits per heavy atom. The Labute approximate surface area is 182 Å². The molecule has 5 nitrogen and oxygen atoms in total. The lowest BCUT2D eigenvalue weighted by molar-refractivity contribution is -0.113. The lowest BCUT2D eigenvalue weighted by Crippen LogP contribution is -2.47. The predicted octanol–water partition coefficient (Wildman–Crippen LogP) is 4.66. The first-order chi connectivity index (χ1) is 14.7. The van der Waals surface area contributed by atoms with Crippen LogP contribution in [0.5, 0.6) is 5.75 Å². The van der Waals surface area contributed by atoms with E-state index >= 15 is 0 Å². The monoisotopic (exact) mass is 421 g/mol. The second-order valence-corrected chi connectivity index (χ2v) is 8.40. The van der Waals surface area contributed by atoms with E-state index in [2.05, 4.69) is 46.0 Å². The summed E-state index contributed by atoms with van der Waals surface area (Å²) >= 11 is 1.48. The number of amides is 1. The number of aliphatic imine (C=N–C) groups is 1. The molecule has 30 heavy (non-hydrogen) atoms. The molecule has 1 fully saturated rings. The molecule has 1 saturated heterocycles. The maximum Gasteiger partial charge on any atom is 0.286 e. The van der Waals surface area contributed by atoms with Crippen molar-refractivity contribution in [1.29, 1.82) is 0 Å². The molecule has 4 rings (SSSR count). The first kappa shape index (κ1) is 20.5. The summed E-state index contributed by atoms with van der Waals surface area (Å²) in [6.45, 7) is 6.47. The molecule has 0 radical (unpaired) electrons. The molecule has 0 aliphatic carbocycles. The summed E-state index contributed by atoms with van der Waals surface area (Å²) < 4.78 is 5.70. The second kappa shape index (κ2) is 9.85. The number of benzene rings is 2. The van der Waals surface area contributed by atoms with Gasteiger partial charge in [-0.2, -0.15) is 4.99 Å². The Hall–Kier alpha value is -2.73. The number of ether oxygens (including phenoxy) is 1. The van der Waals surface area contributed by atoms with E-state index in [0.29, 0.717) is 4.91 Å². The Morgan fingerprint density at radius 2 is 1.70 bits per heavy atom. The van der Waals surface area contributed by atoms with Crippen LogP contribution in [-0.2, 0) is 4.79 Å². The number of carbonyl (C=O) groups excluding carboxylic acids is 1. The predicted molar refractivity (Wildman–Crippen MR) is 125 cm³/mol. The van der Waals surface area contributed by atoms with Gasteiger partial charge in [-0.1, -0.05) is 43.7 Å². The average Bonchev–Trinajstić information content (AvgIpc) is 3.16. The molecule has 2 aromatic rings. The van der Waals surface area contributed by atoms with Crippen LogP contribution in [0.3, 0.4) is 0 Å². The number of hydrogen-bond donors (Lipinski definition) is 0. The number of hydrogen-bond acceptors (Lipinski definition) is 5. The Bertz CT molecular complexity index is 917. The van der Waals surface area contributed by atoms with Gasteiger partial charge in [0.15, 0.2) is 5.17 Å². The quantitative estimate of drug-likeness (QED) is 0.501. The van der Waals surface area contributed by atoms with E-state index in [9.17, 15) is 4.79 Å². The van der Waals surface area contributed by atoms with Crippen molar-refractivity contribution >= 4 is 34.6 Å². The highest BCUT2D eigenvalue weighted by Gasteiger charge is 2.28. The number of amidine groups is 1. The van der Waals surface area contributed by atoms with E-state index in [1.54, 1.807) is 0 Å². The minimum absolute atomic E-state index is 0.149. The van der Waals surface area contributed by atoms with Crippen LogP contribution in [0.15, 0.2) is 64.5 Å². The van der Waals surface area contributed by atoms with E-state index in [0.717, 1.165) is 62.1 Å². The van der Waals surface area contributed by atoms with Crippen molar-refractivity contribution in [2.45, 2.75) is 19.8 Å². The van der Waals surface area contributed by atoms with Crippen molar-refractivity contribution in [3.05, 3.63) is 65.1 Å². The topological polar surface area (TPSA) is 45.1 Å². The van der Waals surface area contributed by atoms with Gasteiger partial charge >= 0.3 is 0 Å². The van der Waals surface area contributed by atoms with E-state index in [1.807, 2.05) is 36.4 Å². The Morgan fingerprint density at radius 3 is 2.40 bits per heavy atom. The number of piperazine rings is 1. The zero-order chi connectivity index (χ0) is 20.8. The van der Waals surface area contributed by atoms with E-state index in [-0.39, 0.29) is 5.91 Å². The van der Waals surface area contributed by atoms with Gasteiger partial charge in [0.25, 0.3) is 5.91 Å². The SMILES string of the molecule is CCCCOc1ccc(C=C2SC(N3CCN(c4ccccc4)CC3)=NC2=O)cc1. The number of anilines is 1. The normalized spacial score (nSPS) is 18.1. The van der Waals surface area contributed by atoms with Crippen molar-refractivity contribution in [2.75, 3.05) is 37.7 Å². The minimum Gasteiger partial charge on any atom is -0.494 e. The molecular formula is C24H27N3O2S. The highest BCUT2D eigenvalue weighted by atomic mass is 32.2. The molecule has 0 N–H and O–H groups in total. The van der Waals surface area contributed by atoms with Gasteiger partial charge in [0.05, 0.1) is 11.5 Å². The zero-order valence-corrected chi connectivity index (χ0v) is 18.1. The van der Waals surface area contributed by atoms with E-state index in [1.165, 1.54) is 17.4 Å². The molecule has 0 atom stereocenters. The third kappa shape index (κ3) is 5.05. The highest BCUT2D eigenvalue weighted by molar-refractivity contribution is 8.18. The summed E-state index contributed by atoms with van der Waals surface area (Å²) in [6, 6.07) is 18.3. The molecule has 0 spiro atoms. The molecule has 2 heterocycles. The van der Waals surface area contributed by atoms with Gasteiger partial charge in [-0.3, -0.25) is 4.79 Å². The summed E-state index contributed by atoms with van der Waals surface area (Å²) in [5.74, 6) is 0.716. The average molecular weight is 422 g/mol. The van der Waals surface area contributed by atoms with Crippen molar-refractivity contribution in [1.82, 2.24) is 4.90 Å². The zero-order valence-electron chi connectivity index (χ0n) is 17.3. The molecule has 2 aliphatic rings. The Kier molecular flexibility index (Phi) is 6.74. The van der Waals surface area contributed by atoms with E-state index in [4.69, 9.17) is 4.74 Å². The van der Waals surface area contributed by atoms with Gasteiger partial charge in [0, 0.05) is 31.9 Å². The van der Waals surface area contributed by atoms with Crippen molar-refractivity contribution < 1.29 is 9.53 Å². The van der Waals surface area contributed by atoms with Gasteiger partial charge in [-0.25, -0.2) is 0 Å². The number of carbonyl (C=O) groups is 1. The van der Waals surface area contributed by atoms with E-state index < -0.39 is 0 Å².